The number of benzene rings is 3. The molecule has 0 fully saturated rings. The van der Waals surface area contributed by atoms with E-state index >= 15 is 0 Å². The first-order valence-electron chi connectivity index (χ1n) is 9.52. The standard InChI is InChI=1S/C24H19FN2O3/c1-16(22-26-27-23(30-22)18-11-13-20(25)14-12-18)29-24(28)21-10-6-5-9-19(21)15-17-7-3-2-4-8-17/h2-14,16H,15H2,1H3/t16-/m1/s1. The van der Waals surface area contributed by atoms with Crippen LogP contribution in [0.25, 0.3) is 11.5 Å². The molecule has 30 heavy (non-hydrogen) atoms. The van der Waals surface area contributed by atoms with Crippen molar-refractivity contribution in [1.82, 2.24) is 10.2 Å². The number of carbonyl (C=O) groups is 1. The van der Waals surface area contributed by atoms with Gasteiger partial charge in [0.05, 0.1) is 5.56 Å². The summed E-state index contributed by atoms with van der Waals surface area (Å²) in [6, 6.07) is 23.0. The van der Waals surface area contributed by atoms with Gasteiger partial charge in [0, 0.05) is 5.56 Å². The first-order valence-corrected chi connectivity index (χ1v) is 9.52. The Balaban J connectivity index is 1.49. The zero-order valence-corrected chi connectivity index (χ0v) is 16.3. The van der Waals surface area contributed by atoms with Crippen molar-refractivity contribution in [3.63, 3.8) is 0 Å². The molecule has 0 saturated heterocycles. The van der Waals surface area contributed by atoms with Crippen molar-refractivity contribution in [2.45, 2.75) is 19.4 Å². The van der Waals surface area contributed by atoms with Crippen LogP contribution in [0.15, 0.2) is 83.3 Å². The van der Waals surface area contributed by atoms with Crippen LogP contribution < -0.4 is 0 Å². The van der Waals surface area contributed by atoms with E-state index in [2.05, 4.69) is 10.2 Å². The van der Waals surface area contributed by atoms with Crippen LogP contribution in [-0.4, -0.2) is 16.2 Å². The Morgan fingerprint density at radius 3 is 2.43 bits per heavy atom. The molecule has 0 aliphatic rings. The fourth-order valence-electron chi connectivity index (χ4n) is 3.07. The largest absolute Gasteiger partial charge is 0.449 e. The molecular formula is C24H19FN2O3. The first kappa shape index (κ1) is 19.5. The maximum Gasteiger partial charge on any atom is 0.339 e. The molecule has 4 aromatic rings. The summed E-state index contributed by atoms with van der Waals surface area (Å²) in [4.78, 5) is 12.8. The number of hydrogen-bond donors (Lipinski definition) is 0. The van der Waals surface area contributed by atoms with Gasteiger partial charge in [-0.05, 0) is 54.8 Å². The number of aromatic nitrogens is 2. The molecule has 1 aromatic heterocycles. The second-order valence-electron chi connectivity index (χ2n) is 6.82. The van der Waals surface area contributed by atoms with E-state index in [0.717, 1.165) is 11.1 Å². The predicted octanol–water partition coefficient (Wildman–Crippen LogP) is 5.38. The number of ether oxygens (including phenoxy) is 1. The van der Waals surface area contributed by atoms with E-state index in [1.807, 2.05) is 42.5 Å². The number of carbonyl (C=O) groups excluding carboxylic acids is 1. The van der Waals surface area contributed by atoms with Gasteiger partial charge in [0.1, 0.15) is 5.82 Å². The average Bonchev–Trinajstić information content (AvgIpc) is 3.26. The number of esters is 1. The second kappa shape index (κ2) is 8.69. The number of rotatable bonds is 6. The van der Waals surface area contributed by atoms with E-state index < -0.39 is 12.1 Å². The van der Waals surface area contributed by atoms with E-state index in [-0.39, 0.29) is 17.6 Å². The topological polar surface area (TPSA) is 65.2 Å². The molecule has 0 amide bonds. The lowest BCUT2D eigenvalue weighted by Gasteiger charge is -2.12. The third-order valence-electron chi connectivity index (χ3n) is 4.64. The molecule has 0 unspecified atom stereocenters. The lowest BCUT2D eigenvalue weighted by atomic mass is 10.00. The molecule has 0 N–H and O–H groups in total. The van der Waals surface area contributed by atoms with E-state index in [9.17, 15) is 9.18 Å². The quantitative estimate of drug-likeness (QED) is 0.405. The average molecular weight is 402 g/mol. The molecule has 0 aliphatic heterocycles. The highest BCUT2D eigenvalue weighted by atomic mass is 19.1. The van der Waals surface area contributed by atoms with Gasteiger partial charge < -0.3 is 9.15 Å². The Morgan fingerprint density at radius 1 is 0.967 bits per heavy atom. The molecule has 150 valence electrons. The molecule has 0 bridgehead atoms. The highest BCUT2D eigenvalue weighted by molar-refractivity contribution is 5.91. The van der Waals surface area contributed by atoms with Crippen molar-refractivity contribution in [3.8, 4) is 11.5 Å². The third-order valence-corrected chi connectivity index (χ3v) is 4.64. The summed E-state index contributed by atoms with van der Waals surface area (Å²) in [5, 5.41) is 7.92. The molecule has 0 aliphatic carbocycles. The minimum Gasteiger partial charge on any atom is -0.449 e. The molecule has 5 nitrogen and oxygen atoms in total. The number of hydrogen-bond acceptors (Lipinski definition) is 5. The molecule has 1 heterocycles. The van der Waals surface area contributed by atoms with E-state index in [4.69, 9.17) is 9.15 Å². The molecule has 0 radical (unpaired) electrons. The molecule has 4 rings (SSSR count). The van der Waals surface area contributed by atoms with Gasteiger partial charge in [-0.2, -0.15) is 0 Å². The van der Waals surface area contributed by atoms with Gasteiger partial charge in [0.25, 0.3) is 5.89 Å². The highest BCUT2D eigenvalue weighted by Crippen LogP contribution is 2.24. The van der Waals surface area contributed by atoms with Gasteiger partial charge in [0.15, 0.2) is 6.10 Å². The SMILES string of the molecule is C[C@@H](OC(=O)c1ccccc1Cc1ccccc1)c1nnc(-c2ccc(F)cc2)o1. The van der Waals surface area contributed by atoms with Crippen LogP contribution in [0, 0.1) is 5.82 Å². The molecular weight excluding hydrogens is 383 g/mol. The Bertz CT molecular complexity index is 1140. The predicted molar refractivity (Wildman–Crippen MR) is 109 cm³/mol. The van der Waals surface area contributed by atoms with Gasteiger partial charge in [-0.25, -0.2) is 9.18 Å². The van der Waals surface area contributed by atoms with Gasteiger partial charge >= 0.3 is 5.97 Å². The molecule has 0 spiro atoms. The van der Waals surface area contributed by atoms with Crippen molar-refractivity contribution < 1.29 is 18.3 Å². The zero-order valence-electron chi connectivity index (χ0n) is 16.3. The monoisotopic (exact) mass is 402 g/mol. The van der Waals surface area contributed by atoms with Crippen molar-refractivity contribution >= 4 is 5.97 Å². The van der Waals surface area contributed by atoms with E-state index in [1.54, 1.807) is 31.2 Å². The van der Waals surface area contributed by atoms with Crippen molar-refractivity contribution in [3.05, 3.63) is 107 Å². The smallest absolute Gasteiger partial charge is 0.339 e. The summed E-state index contributed by atoms with van der Waals surface area (Å²) in [6.45, 7) is 1.67. The Morgan fingerprint density at radius 2 is 1.67 bits per heavy atom. The van der Waals surface area contributed by atoms with Crippen LogP contribution in [0.4, 0.5) is 4.39 Å². The van der Waals surface area contributed by atoms with E-state index in [1.165, 1.54) is 12.1 Å². The number of halogens is 1. The summed E-state index contributed by atoms with van der Waals surface area (Å²) in [6.07, 6.45) is -0.112. The Hall–Kier alpha value is -3.80. The van der Waals surface area contributed by atoms with Crippen LogP contribution in [-0.2, 0) is 11.2 Å². The van der Waals surface area contributed by atoms with Crippen LogP contribution in [0.2, 0.25) is 0 Å². The molecule has 0 saturated carbocycles. The van der Waals surface area contributed by atoms with Crippen LogP contribution in [0.3, 0.4) is 0 Å². The molecule has 6 heteroatoms. The Labute approximate surface area is 173 Å². The fourth-order valence-corrected chi connectivity index (χ4v) is 3.07. The van der Waals surface area contributed by atoms with Crippen LogP contribution in [0.5, 0.6) is 0 Å². The van der Waals surface area contributed by atoms with Crippen LogP contribution in [0.1, 0.15) is 40.4 Å². The summed E-state index contributed by atoms with van der Waals surface area (Å²) in [7, 11) is 0. The first-order chi connectivity index (χ1) is 14.6. The minimum absolute atomic E-state index is 0.170. The number of nitrogens with zero attached hydrogens (tertiary/aromatic N) is 2. The molecule has 1 atom stereocenters. The maximum absolute atomic E-state index is 13.1. The van der Waals surface area contributed by atoms with Crippen molar-refractivity contribution in [2.75, 3.05) is 0 Å². The van der Waals surface area contributed by atoms with Gasteiger partial charge in [-0.1, -0.05) is 48.5 Å². The molecule has 3 aromatic carbocycles. The summed E-state index contributed by atoms with van der Waals surface area (Å²) in [5.74, 6) is -0.411. The highest BCUT2D eigenvalue weighted by Gasteiger charge is 2.21. The van der Waals surface area contributed by atoms with Gasteiger partial charge in [0.2, 0.25) is 5.89 Å². The fraction of sp³-hybridized carbons (Fsp3) is 0.125. The third kappa shape index (κ3) is 4.43. The summed E-state index contributed by atoms with van der Waals surface area (Å²) < 4.78 is 24.3. The summed E-state index contributed by atoms with van der Waals surface area (Å²) in [5.41, 5.74) is 3.05. The van der Waals surface area contributed by atoms with Gasteiger partial charge in [-0.15, -0.1) is 10.2 Å². The van der Waals surface area contributed by atoms with E-state index in [0.29, 0.717) is 17.5 Å². The van der Waals surface area contributed by atoms with Crippen molar-refractivity contribution in [1.29, 1.82) is 0 Å². The van der Waals surface area contributed by atoms with Crippen LogP contribution >= 0.6 is 0 Å². The zero-order chi connectivity index (χ0) is 20.9. The maximum atomic E-state index is 13.1. The van der Waals surface area contributed by atoms with Crippen molar-refractivity contribution in [2.24, 2.45) is 0 Å². The Kier molecular flexibility index (Phi) is 5.66. The summed E-state index contributed by atoms with van der Waals surface area (Å²) >= 11 is 0. The minimum atomic E-state index is -0.732. The van der Waals surface area contributed by atoms with Gasteiger partial charge in [-0.3, -0.25) is 0 Å². The second-order valence-corrected chi connectivity index (χ2v) is 6.82. The lowest BCUT2D eigenvalue weighted by Crippen LogP contribution is -2.12. The lowest BCUT2D eigenvalue weighted by molar-refractivity contribution is 0.0278. The normalized spacial score (nSPS) is 11.8.